The van der Waals surface area contributed by atoms with Gasteiger partial charge in [-0.1, -0.05) is 6.92 Å². The summed E-state index contributed by atoms with van der Waals surface area (Å²) in [5, 5.41) is 0. The minimum Gasteiger partial charge on any atom is -0.330 e. The molecule has 1 aliphatic rings. The fraction of sp³-hybridized carbons (Fsp3) is 0.800. The molecule has 2 N–H and O–H groups in total. The largest absolute Gasteiger partial charge is 0.330 e. The lowest BCUT2D eigenvalue weighted by Crippen LogP contribution is -2.31. The summed E-state index contributed by atoms with van der Waals surface area (Å²) in [6.45, 7) is 3.34. The highest BCUT2D eigenvalue weighted by molar-refractivity contribution is 7.99. The fourth-order valence-electron chi connectivity index (χ4n) is 1.38. The molecule has 0 spiro atoms. The summed E-state index contributed by atoms with van der Waals surface area (Å²) in [6, 6.07) is 0. The number of carbonyl (C=O) groups is 2. The Balaban J connectivity index is 2.14. The van der Waals surface area contributed by atoms with Crippen LogP contribution in [0, 0.1) is 5.92 Å². The van der Waals surface area contributed by atoms with Crippen LogP contribution in [-0.4, -0.2) is 41.3 Å². The van der Waals surface area contributed by atoms with E-state index in [2.05, 4.69) is 6.92 Å². The fourth-order valence-corrected chi connectivity index (χ4v) is 2.40. The van der Waals surface area contributed by atoms with Crippen molar-refractivity contribution in [3.05, 3.63) is 0 Å². The molecule has 4 nitrogen and oxygen atoms in total. The average molecular weight is 230 g/mol. The Bertz CT molecular complexity index is 230. The van der Waals surface area contributed by atoms with E-state index in [-0.39, 0.29) is 11.8 Å². The maximum atomic E-state index is 11.2. The smallest absolute Gasteiger partial charge is 0.229 e. The summed E-state index contributed by atoms with van der Waals surface area (Å²) in [5.41, 5.74) is 5.49. The van der Waals surface area contributed by atoms with Crippen LogP contribution in [0.25, 0.3) is 0 Å². The first-order chi connectivity index (χ1) is 7.15. The molecule has 15 heavy (non-hydrogen) atoms. The Kier molecular flexibility index (Phi) is 5.11. The number of imide groups is 1. The van der Waals surface area contributed by atoms with Crippen molar-refractivity contribution in [3.63, 3.8) is 0 Å². The number of nitrogens with zero attached hydrogens (tertiary/aromatic N) is 1. The maximum absolute atomic E-state index is 11.2. The van der Waals surface area contributed by atoms with Gasteiger partial charge in [0.05, 0.1) is 0 Å². The van der Waals surface area contributed by atoms with Crippen molar-refractivity contribution in [3.8, 4) is 0 Å². The van der Waals surface area contributed by atoms with Gasteiger partial charge >= 0.3 is 0 Å². The van der Waals surface area contributed by atoms with Gasteiger partial charge in [0.2, 0.25) is 11.8 Å². The molecule has 0 bridgehead atoms. The number of hydrogen-bond acceptors (Lipinski definition) is 4. The second kappa shape index (κ2) is 6.12. The first-order valence-electron chi connectivity index (χ1n) is 5.26. The molecule has 5 heteroatoms. The molecule has 0 aliphatic carbocycles. The monoisotopic (exact) mass is 230 g/mol. The predicted molar refractivity (Wildman–Crippen MR) is 61.5 cm³/mol. The zero-order valence-corrected chi connectivity index (χ0v) is 9.89. The number of carbonyl (C=O) groups excluding carboxylic acids is 2. The summed E-state index contributed by atoms with van der Waals surface area (Å²) < 4.78 is 0. The van der Waals surface area contributed by atoms with Crippen LogP contribution in [0.3, 0.4) is 0 Å². The Morgan fingerprint density at radius 1 is 1.40 bits per heavy atom. The van der Waals surface area contributed by atoms with Crippen molar-refractivity contribution < 1.29 is 9.59 Å². The summed E-state index contributed by atoms with van der Waals surface area (Å²) in [6.07, 6.45) is 0.783. The lowest BCUT2D eigenvalue weighted by Gasteiger charge is -2.14. The molecule has 1 rings (SSSR count). The van der Waals surface area contributed by atoms with Crippen LogP contribution in [0.2, 0.25) is 0 Å². The number of rotatable bonds is 6. The van der Waals surface area contributed by atoms with E-state index in [1.807, 2.05) is 0 Å². The van der Waals surface area contributed by atoms with Crippen molar-refractivity contribution in [2.75, 3.05) is 24.6 Å². The third-order valence-electron chi connectivity index (χ3n) is 2.42. The zero-order chi connectivity index (χ0) is 11.3. The Hall–Kier alpha value is -0.550. The normalized spacial score (nSPS) is 18.7. The van der Waals surface area contributed by atoms with E-state index in [4.69, 9.17) is 5.73 Å². The quantitative estimate of drug-likeness (QED) is 0.532. The molecule has 1 unspecified atom stereocenters. The first kappa shape index (κ1) is 12.5. The Morgan fingerprint density at radius 2 is 2.00 bits per heavy atom. The number of nitrogens with two attached hydrogens (primary N) is 1. The second-order valence-electron chi connectivity index (χ2n) is 3.85. The van der Waals surface area contributed by atoms with E-state index in [0.717, 1.165) is 11.5 Å². The molecule has 1 saturated heterocycles. The van der Waals surface area contributed by atoms with Crippen molar-refractivity contribution in [1.82, 2.24) is 4.90 Å². The van der Waals surface area contributed by atoms with E-state index in [1.165, 1.54) is 4.90 Å². The van der Waals surface area contributed by atoms with Gasteiger partial charge in [-0.15, -0.1) is 0 Å². The summed E-state index contributed by atoms with van der Waals surface area (Å²) in [7, 11) is 0. The molecule has 0 aromatic heterocycles. The third kappa shape index (κ3) is 3.83. The second-order valence-corrected chi connectivity index (χ2v) is 5.00. The van der Waals surface area contributed by atoms with Gasteiger partial charge in [-0.3, -0.25) is 14.5 Å². The molecule has 0 aromatic rings. The van der Waals surface area contributed by atoms with Crippen LogP contribution >= 0.6 is 11.8 Å². The van der Waals surface area contributed by atoms with Crippen molar-refractivity contribution >= 4 is 23.6 Å². The number of amides is 2. The van der Waals surface area contributed by atoms with Crippen LogP contribution < -0.4 is 5.73 Å². The number of hydrogen-bond donors (Lipinski definition) is 1. The van der Waals surface area contributed by atoms with Crippen molar-refractivity contribution in [1.29, 1.82) is 0 Å². The molecular weight excluding hydrogens is 212 g/mol. The highest BCUT2D eigenvalue weighted by Crippen LogP contribution is 2.13. The molecule has 1 aliphatic heterocycles. The molecule has 1 heterocycles. The van der Waals surface area contributed by atoms with E-state index in [0.29, 0.717) is 31.8 Å². The maximum Gasteiger partial charge on any atom is 0.229 e. The van der Waals surface area contributed by atoms with Crippen molar-refractivity contribution in [2.45, 2.75) is 19.8 Å². The van der Waals surface area contributed by atoms with Crippen LogP contribution in [-0.2, 0) is 9.59 Å². The van der Waals surface area contributed by atoms with Gasteiger partial charge in [0.15, 0.2) is 0 Å². The van der Waals surface area contributed by atoms with E-state index < -0.39 is 0 Å². The summed E-state index contributed by atoms with van der Waals surface area (Å²) in [5.74, 6) is 2.27. The lowest BCUT2D eigenvalue weighted by atomic mass is 10.2. The van der Waals surface area contributed by atoms with E-state index in [1.54, 1.807) is 11.8 Å². The molecular formula is C10H18N2O2S. The van der Waals surface area contributed by atoms with Gasteiger partial charge in [0.25, 0.3) is 0 Å². The molecule has 86 valence electrons. The molecule has 2 amide bonds. The van der Waals surface area contributed by atoms with E-state index >= 15 is 0 Å². The molecule has 0 saturated carbocycles. The van der Waals surface area contributed by atoms with Crippen molar-refractivity contribution in [2.24, 2.45) is 11.7 Å². The molecule has 1 fully saturated rings. The average Bonchev–Trinajstić information content (AvgIpc) is 2.54. The molecule has 0 radical (unpaired) electrons. The topological polar surface area (TPSA) is 63.4 Å². The van der Waals surface area contributed by atoms with Gasteiger partial charge in [0, 0.05) is 25.1 Å². The predicted octanol–water partition coefficient (Wildman–Crippen LogP) is 0.463. The SMILES string of the molecule is CC(CN)CSCCN1C(=O)CCC1=O. The highest BCUT2D eigenvalue weighted by Gasteiger charge is 2.27. The highest BCUT2D eigenvalue weighted by atomic mass is 32.2. The van der Waals surface area contributed by atoms with Crippen LogP contribution in [0.4, 0.5) is 0 Å². The number of likely N-dealkylation sites (tertiary alicyclic amines) is 1. The van der Waals surface area contributed by atoms with Crippen LogP contribution in [0.15, 0.2) is 0 Å². The van der Waals surface area contributed by atoms with E-state index in [9.17, 15) is 9.59 Å². The Morgan fingerprint density at radius 3 is 2.53 bits per heavy atom. The first-order valence-corrected chi connectivity index (χ1v) is 6.41. The third-order valence-corrected chi connectivity index (χ3v) is 3.69. The van der Waals surface area contributed by atoms with Gasteiger partial charge in [0.1, 0.15) is 0 Å². The minimum atomic E-state index is -0.0209. The minimum absolute atomic E-state index is 0.0209. The van der Waals surface area contributed by atoms with Gasteiger partial charge in [-0.2, -0.15) is 11.8 Å². The van der Waals surface area contributed by atoms with Gasteiger partial charge in [-0.25, -0.2) is 0 Å². The van der Waals surface area contributed by atoms with Gasteiger partial charge < -0.3 is 5.73 Å². The lowest BCUT2D eigenvalue weighted by molar-refractivity contribution is -0.137. The van der Waals surface area contributed by atoms with Crippen LogP contribution in [0.5, 0.6) is 0 Å². The number of thioether (sulfide) groups is 1. The Labute approximate surface area is 94.6 Å². The zero-order valence-electron chi connectivity index (χ0n) is 9.07. The molecule has 1 atom stereocenters. The van der Waals surface area contributed by atoms with Gasteiger partial charge in [-0.05, 0) is 18.2 Å². The molecule has 0 aromatic carbocycles. The summed E-state index contributed by atoms with van der Waals surface area (Å²) >= 11 is 1.75. The standard InChI is InChI=1S/C10H18N2O2S/c1-8(6-11)7-15-5-4-12-9(13)2-3-10(12)14/h8H,2-7,11H2,1H3. The summed E-state index contributed by atoms with van der Waals surface area (Å²) in [4.78, 5) is 23.9. The van der Waals surface area contributed by atoms with Crippen LogP contribution in [0.1, 0.15) is 19.8 Å².